The molecule has 0 bridgehead atoms. The molecule has 3 N–H and O–H groups in total. The van der Waals surface area contributed by atoms with Crippen molar-refractivity contribution in [2.24, 2.45) is 17.8 Å². The molecule has 4 aliphatic heterocycles. The van der Waals surface area contributed by atoms with Gasteiger partial charge in [0.1, 0.15) is 29.4 Å². The number of carbonyl (C=O) groups is 7. The van der Waals surface area contributed by atoms with Crippen molar-refractivity contribution in [1.29, 1.82) is 0 Å². The number of nitrogens with zero attached hydrogens (tertiary/aromatic N) is 3. The van der Waals surface area contributed by atoms with E-state index in [1.807, 2.05) is 77.7 Å². The van der Waals surface area contributed by atoms with Crippen molar-refractivity contribution >= 4 is 58.8 Å². The summed E-state index contributed by atoms with van der Waals surface area (Å²) in [5.41, 5.74) is 0.964. The Morgan fingerprint density at radius 2 is 1.37 bits per heavy atom. The van der Waals surface area contributed by atoms with Crippen LogP contribution in [0.5, 0.6) is 5.75 Å². The molecule has 4 heterocycles. The zero-order valence-electron chi connectivity index (χ0n) is 42.5. The zero-order valence-corrected chi connectivity index (χ0v) is 42.5. The maximum absolute atomic E-state index is 16.7. The van der Waals surface area contributed by atoms with E-state index in [-0.39, 0.29) is 29.0 Å². The number of carbonyl (C=O) groups excluding carboxylic acids is 7. The number of esters is 4. The summed E-state index contributed by atoms with van der Waals surface area (Å²) in [5, 5.41) is 16.6. The number of cyclic esters (lactones) is 1. The standard InChI is InChI=1S/C58H57N5O13/c1-34(2)46(54(68)74-5)60-57(71)62-44-28-19-35(13-12-18-42(52(66)72-3)53(67)73-4)33-43(44)58(56(62)70)45(51(65)59-39-22-24-40(25-23-39)61-29-31-75-32-30-61)48-55(69)76-49(37-16-10-7-11-17-37)47(36-14-8-6-9-15-36)63(48)50(58)38-20-26-41(64)27-21-38/h6-11,14-17,19-28,33-34,42,45-50,64H,18,29-32H2,1-5H3,(H,59,65)(H,60,71)/t45-,46-,47-,48-,49+,50+,58-/m0/s1. The Morgan fingerprint density at radius 3 is 1.97 bits per heavy atom. The first-order valence-corrected chi connectivity index (χ1v) is 24.9. The molecule has 9 rings (SSSR count). The van der Waals surface area contributed by atoms with Gasteiger partial charge in [-0.05, 0) is 82.8 Å². The highest BCUT2D eigenvalue weighted by Gasteiger charge is 2.75. The number of rotatable bonds is 12. The minimum absolute atomic E-state index is 0.00273. The lowest BCUT2D eigenvalue weighted by molar-refractivity contribution is -0.178. The topological polar surface area (TPSA) is 220 Å². The monoisotopic (exact) mass is 1030 g/mol. The highest BCUT2D eigenvalue weighted by Crippen LogP contribution is 2.66. The Bertz CT molecular complexity index is 3070. The third kappa shape index (κ3) is 9.59. The number of hydrogen-bond donors (Lipinski definition) is 3. The van der Waals surface area contributed by atoms with Gasteiger partial charge in [-0.25, -0.2) is 14.5 Å². The normalized spacial score (nSPS) is 22.2. The molecule has 3 fully saturated rings. The number of nitrogens with one attached hydrogen (secondary N) is 2. The van der Waals surface area contributed by atoms with E-state index in [0.29, 0.717) is 48.7 Å². The number of methoxy groups -OCH3 is 3. The van der Waals surface area contributed by atoms with Crippen molar-refractivity contribution in [3.63, 3.8) is 0 Å². The second-order valence-electron chi connectivity index (χ2n) is 19.2. The largest absolute Gasteiger partial charge is 0.508 e. The van der Waals surface area contributed by atoms with E-state index in [9.17, 15) is 19.5 Å². The molecule has 0 aliphatic carbocycles. The molecule has 0 saturated carbocycles. The van der Waals surface area contributed by atoms with Gasteiger partial charge >= 0.3 is 29.9 Å². The minimum Gasteiger partial charge on any atom is -0.508 e. The first-order valence-electron chi connectivity index (χ1n) is 24.9. The maximum Gasteiger partial charge on any atom is 0.329 e. The smallest absolute Gasteiger partial charge is 0.329 e. The summed E-state index contributed by atoms with van der Waals surface area (Å²) < 4.78 is 26.9. The van der Waals surface area contributed by atoms with Gasteiger partial charge in [0, 0.05) is 36.4 Å². The molecule has 7 atom stereocenters. The van der Waals surface area contributed by atoms with Crippen LogP contribution in [0.3, 0.4) is 0 Å². The van der Waals surface area contributed by atoms with Crippen LogP contribution in [0.4, 0.5) is 21.9 Å². The Balaban J connectivity index is 1.31. The fourth-order valence-corrected chi connectivity index (χ4v) is 11.1. The molecule has 5 aromatic rings. The summed E-state index contributed by atoms with van der Waals surface area (Å²) >= 11 is 0. The van der Waals surface area contributed by atoms with Crippen LogP contribution >= 0.6 is 0 Å². The quantitative estimate of drug-likeness (QED) is 0.0553. The number of phenols is 1. The molecule has 76 heavy (non-hydrogen) atoms. The zero-order chi connectivity index (χ0) is 53.8. The minimum atomic E-state index is -2.25. The third-order valence-corrected chi connectivity index (χ3v) is 14.6. The van der Waals surface area contributed by atoms with Crippen LogP contribution in [0.15, 0.2) is 127 Å². The summed E-state index contributed by atoms with van der Waals surface area (Å²) in [4.78, 5) is 107. The Morgan fingerprint density at radius 1 is 0.750 bits per heavy atom. The molecule has 0 unspecified atom stereocenters. The summed E-state index contributed by atoms with van der Waals surface area (Å²) in [5.74, 6) is -2.91. The SMILES string of the molecule is COC(=O)C(CC#Cc1ccc2c(c1)[C@]1(C(=O)N2C(=O)N[C@H](C(=O)OC)C(C)C)[C@H](C(=O)Nc2ccc(N3CCOCC3)cc2)[C@H]2C(=O)O[C@H](c3ccccc3)[C@H](c3ccccc3)N2[C@@H]1c1ccc(O)cc1)C(=O)OC. The Hall–Kier alpha value is -8.53. The number of urea groups is 1. The number of anilines is 3. The number of imide groups is 1. The van der Waals surface area contributed by atoms with Gasteiger partial charge in [0.25, 0.3) is 0 Å². The van der Waals surface area contributed by atoms with Gasteiger partial charge in [0.15, 0.2) is 5.92 Å². The number of morpholine rings is 2. The summed E-state index contributed by atoms with van der Waals surface area (Å²) in [6.07, 6.45) is -1.35. The van der Waals surface area contributed by atoms with E-state index < -0.39 is 95.2 Å². The van der Waals surface area contributed by atoms with E-state index >= 15 is 19.2 Å². The number of phenolic OH excluding ortho intramolecular Hbond substituents is 1. The van der Waals surface area contributed by atoms with Crippen molar-refractivity contribution in [3.8, 4) is 17.6 Å². The lowest BCUT2D eigenvalue weighted by Gasteiger charge is -2.46. The number of hydrogen-bond acceptors (Lipinski definition) is 15. The highest BCUT2D eigenvalue weighted by atomic mass is 16.6. The molecule has 3 saturated heterocycles. The number of aromatic hydroxyl groups is 1. The van der Waals surface area contributed by atoms with Gasteiger partial charge in [-0.15, -0.1) is 0 Å². The van der Waals surface area contributed by atoms with Crippen LogP contribution in [0.25, 0.3) is 0 Å². The molecule has 18 heteroatoms. The highest BCUT2D eigenvalue weighted by molar-refractivity contribution is 6.25. The Kier molecular flexibility index (Phi) is 15.2. The van der Waals surface area contributed by atoms with E-state index in [1.165, 1.54) is 31.4 Å². The fraction of sp³-hybridized carbons (Fsp3) is 0.328. The fourth-order valence-electron chi connectivity index (χ4n) is 11.1. The van der Waals surface area contributed by atoms with Gasteiger partial charge in [-0.1, -0.05) is 98.5 Å². The molecule has 18 nitrogen and oxygen atoms in total. The third-order valence-electron chi connectivity index (χ3n) is 14.6. The van der Waals surface area contributed by atoms with Crippen molar-refractivity contribution in [3.05, 3.63) is 155 Å². The molecular formula is C58H57N5O13. The summed E-state index contributed by atoms with van der Waals surface area (Å²) in [6.45, 7) is 5.81. The number of benzene rings is 5. The Labute approximate surface area is 439 Å². The average molecular weight is 1030 g/mol. The molecule has 1 spiro atoms. The maximum atomic E-state index is 16.7. The van der Waals surface area contributed by atoms with E-state index in [1.54, 1.807) is 44.2 Å². The van der Waals surface area contributed by atoms with Crippen LogP contribution in [0, 0.1) is 29.6 Å². The van der Waals surface area contributed by atoms with Crippen molar-refractivity contribution in [1.82, 2.24) is 10.2 Å². The molecule has 0 radical (unpaired) electrons. The molecule has 4 aliphatic rings. The van der Waals surface area contributed by atoms with Gasteiger partial charge < -0.3 is 44.3 Å². The number of ether oxygens (including phenoxy) is 5. The molecule has 392 valence electrons. The van der Waals surface area contributed by atoms with Crippen molar-refractivity contribution in [2.45, 2.75) is 56.0 Å². The average Bonchev–Trinajstić information content (AvgIpc) is 4.09. The van der Waals surface area contributed by atoms with Gasteiger partial charge in [-0.3, -0.25) is 28.9 Å². The first kappa shape index (κ1) is 52.3. The van der Waals surface area contributed by atoms with Gasteiger partial charge in [-0.2, -0.15) is 0 Å². The second-order valence-corrected chi connectivity index (χ2v) is 19.2. The molecule has 0 aromatic heterocycles. The number of amides is 4. The predicted octanol–water partition coefficient (Wildman–Crippen LogP) is 6.14. The van der Waals surface area contributed by atoms with Crippen LogP contribution in [-0.4, -0.2) is 111 Å². The summed E-state index contributed by atoms with van der Waals surface area (Å²) in [7, 11) is 3.44. The van der Waals surface area contributed by atoms with Crippen molar-refractivity contribution < 1.29 is 62.4 Å². The van der Waals surface area contributed by atoms with E-state index in [2.05, 4.69) is 27.4 Å². The molecular weight excluding hydrogens is 975 g/mol. The van der Waals surface area contributed by atoms with Crippen molar-refractivity contribution in [2.75, 3.05) is 62.7 Å². The van der Waals surface area contributed by atoms with Crippen LogP contribution in [0.2, 0.25) is 0 Å². The van der Waals surface area contributed by atoms with Crippen LogP contribution in [-0.2, 0) is 57.9 Å². The first-order chi connectivity index (χ1) is 36.7. The second kappa shape index (κ2) is 22.1. The van der Waals surface area contributed by atoms with Crippen LogP contribution < -0.4 is 20.4 Å². The molecule has 4 amide bonds. The molecule has 5 aromatic carbocycles. The van der Waals surface area contributed by atoms with Gasteiger partial charge in [0.2, 0.25) is 11.8 Å². The van der Waals surface area contributed by atoms with Crippen LogP contribution in [0.1, 0.15) is 66.3 Å². The summed E-state index contributed by atoms with van der Waals surface area (Å²) in [6, 6.07) is 30.1. The lowest BCUT2D eigenvalue weighted by Crippen LogP contribution is -2.57. The number of fused-ring (bicyclic) bond motifs is 3. The predicted molar refractivity (Wildman–Crippen MR) is 276 cm³/mol. The van der Waals surface area contributed by atoms with Gasteiger partial charge in [0.05, 0.1) is 58.2 Å². The van der Waals surface area contributed by atoms with E-state index in [0.717, 1.165) is 24.8 Å². The lowest BCUT2D eigenvalue weighted by atomic mass is 9.65. The van der Waals surface area contributed by atoms with E-state index in [4.69, 9.17) is 23.7 Å².